The first-order chi connectivity index (χ1) is 6.45. The average molecular weight is 219 g/mol. The van der Waals surface area contributed by atoms with Gasteiger partial charge in [-0.1, -0.05) is 3.89 Å². The van der Waals surface area contributed by atoms with Gasteiger partial charge in [-0.2, -0.15) is 8.42 Å². The summed E-state index contributed by atoms with van der Waals surface area (Å²) in [7, 11) is -3.75. The van der Waals surface area contributed by atoms with Gasteiger partial charge in [0.1, 0.15) is 0 Å². The van der Waals surface area contributed by atoms with Crippen LogP contribution in [0.3, 0.4) is 0 Å². The lowest BCUT2D eigenvalue weighted by Gasteiger charge is -1.99. The summed E-state index contributed by atoms with van der Waals surface area (Å²) in [4.78, 5) is 14.2. The van der Waals surface area contributed by atoms with Gasteiger partial charge in [0.15, 0.2) is 5.03 Å². The average Bonchev–Trinajstić information content (AvgIpc) is 2.15. The maximum Gasteiger partial charge on any atom is 0.349 e. The van der Waals surface area contributed by atoms with Crippen LogP contribution in [-0.2, 0) is 15.0 Å². The van der Waals surface area contributed by atoms with Crippen molar-refractivity contribution in [3.8, 4) is 0 Å². The van der Waals surface area contributed by atoms with Crippen molar-refractivity contribution in [3.63, 3.8) is 0 Å². The summed E-state index contributed by atoms with van der Waals surface area (Å²) < 4.78 is 37.6. The van der Waals surface area contributed by atoms with Gasteiger partial charge in [-0.25, -0.2) is 9.78 Å². The number of aromatic nitrogens is 1. The molecule has 7 heteroatoms. The Morgan fingerprint density at radius 1 is 1.57 bits per heavy atom. The molecule has 0 saturated carbocycles. The zero-order chi connectivity index (χ0) is 10.8. The Morgan fingerprint density at radius 2 is 2.21 bits per heavy atom. The number of carbonyl (C=O) groups is 1. The zero-order valence-corrected chi connectivity index (χ0v) is 7.91. The largest absolute Gasteiger partial charge is 0.465 e. The number of halogens is 1. The number of rotatable bonds is 2. The summed E-state index contributed by atoms with van der Waals surface area (Å²) in [5, 5.41) is -0.805. The van der Waals surface area contributed by atoms with Gasteiger partial charge >= 0.3 is 16.2 Å². The summed E-state index contributed by atoms with van der Waals surface area (Å²) in [6.45, 7) is 0. The van der Waals surface area contributed by atoms with Crippen LogP contribution >= 0.6 is 0 Å². The summed E-state index contributed by atoms with van der Waals surface area (Å²) in [5.74, 6) is -0.753. The summed E-state index contributed by atoms with van der Waals surface area (Å²) in [6, 6.07) is 2.03. The fourth-order valence-corrected chi connectivity index (χ4v) is 1.24. The van der Waals surface area contributed by atoms with Crippen molar-refractivity contribution in [2.24, 2.45) is 0 Å². The van der Waals surface area contributed by atoms with Gasteiger partial charge in [0.05, 0.1) is 12.7 Å². The van der Waals surface area contributed by atoms with Crippen LogP contribution in [0.25, 0.3) is 0 Å². The zero-order valence-electron chi connectivity index (χ0n) is 7.10. The summed E-state index contributed by atoms with van der Waals surface area (Å²) in [5.41, 5.74) is -0.0706. The Morgan fingerprint density at radius 3 is 2.71 bits per heavy atom. The van der Waals surface area contributed by atoms with Crippen LogP contribution in [0.5, 0.6) is 0 Å². The van der Waals surface area contributed by atoms with E-state index in [1.807, 2.05) is 0 Å². The quantitative estimate of drug-likeness (QED) is 0.535. The third kappa shape index (κ3) is 2.25. The molecule has 76 valence electrons. The molecule has 0 N–H and O–H groups in total. The number of hydrogen-bond acceptors (Lipinski definition) is 5. The van der Waals surface area contributed by atoms with E-state index in [0.717, 1.165) is 19.4 Å². The molecular formula is C7H6FNO4S. The van der Waals surface area contributed by atoms with Crippen LogP contribution < -0.4 is 0 Å². The molecular weight excluding hydrogens is 213 g/mol. The molecule has 0 saturated heterocycles. The summed E-state index contributed by atoms with van der Waals surface area (Å²) >= 11 is 0. The number of methoxy groups -OCH3 is 1. The fourth-order valence-electron chi connectivity index (χ4n) is 0.788. The van der Waals surface area contributed by atoms with Crippen LogP contribution in [0.2, 0.25) is 0 Å². The predicted molar refractivity (Wildman–Crippen MR) is 43.9 cm³/mol. The minimum absolute atomic E-state index is 0.0706. The number of esters is 1. The minimum Gasteiger partial charge on any atom is -0.465 e. The van der Waals surface area contributed by atoms with Crippen molar-refractivity contribution in [2.75, 3.05) is 7.11 Å². The molecule has 5 nitrogen and oxygen atoms in total. The molecule has 14 heavy (non-hydrogen) atoms. The maximum atomic E-state index is 12.4. The highest BCUT2D eigenvalue weighted by Crippen LogP contribution is 2.11. The first-order valence-corrected chi connectivity index (χ1v) is 4.82. The van der Waals surface area contributed by atoms with Gasteiger partial charge in [-0.15, -0.1) is 0 Å². The number of nitrogens with zero attached hydrogens (tertiary/aromatic N) is 1. The number of carbonyl (C=O) groups excluding carboxylic acids is 1. The normalized spacial score (nSPS) is 11.0. The smallest absolute Gasteiger partial charge is 0.349 e. The molecule has 0 aliphatic heterocycles. The van der Waals surface area contributed by atoms with Gasteiger partial charge < -0.3 is 4.74 Å². The second-order valence-electron chi connectivity index (χ2n) is 2.31. The lowest BCUT2D eigenvalue weighted by molar-refractivity contribution is 0.0600. The minimum atomic E-state index is -4.89. The molecule has 0 unspecified atom stereocenters. The van der Waals surface area contributed by atoms with E-state index in [1.54, 1.807) is 0 Å². The molecule has 0 aromatic carbocycles. The Hall–Kier alpha value is -1.50. The predicted octanol–water partition coefficient (Wildman–Crippen LogP) is 0.526. The Bertz CT molecular complexity index is 457. The van der Waals surface area contributed by atoms with Gasteiger partial charge in [-0.05, 0) is 12.1 Å². The number of pyridine rings is 1. The van der Waals surface area contributed by atoms with Crippen molar-refractivity contribution in [1.29, 1.82) is 0 Å². The van der Waals surface area contributed by atoms with Crippen LogP contribution in [0.1, 0.15) is 10.4 Å². The first kappa shape index (κ1) is 10.6. The molecule has 0 bridgehead atoms. The maximum absolute atomic E-state index is 12.4. The highest BCUT2D eigenvalue weighted by atomic mass is 32.3. The van der Waals surface area contributed by atoms with Crippen LogP contribution in [0, 0.1) is 0 Å². The molecule has 0 atom stereocenters. The lowest BCUT2D eigenvalue weighted by Crippen LogP contribution is -2.04. The highest BCUT2D eigenvalue weighted by molar-refractivity contribution is 7.86. The molecule has 1 rings (SSSR count). The number of hydrogen-bond donors (Lipinski definition) is 0. The van der Waals surface area contributed by atoms with E-state index in [4.69, 9.17) is 0 Å². The van der Waals surface area contributed by atoms with E-state index in [1.165, 1.54) is 6.07 Å². The Kier molecular flexibility index (Phi) is 2.80. The van der Waals surface area contributed by atoms with Gasteiger partial charge in [-0.3, -0.25) is 0 Å². The fraction of sp³-hybridized carbons (Fsp3) is 0.143. The van der Waals surface area contributed by atoms with E-state index >= 15 is 0 Å². The SMILES string of the molecule is COC(=O)c1ccnc(S(=O)(=O)F)c1. The van der Waals surface area contributed by atoms with E-state index in [-0.39, 0.29) is 5.56 Å². The third-order valence-corrected chi connectivity index (χ3v) is 2.13. The van der Waals surface area contributed by atoms with Crippen molar-refractivity contribution >= 4 is 16.2 Å². The second kappa shape index (κ2) is 3.70. The van der Waals surface area contributed by atoms with E-state index in [2.05, 4.69) is 9.72 Å². The monoisotopic (exact) mass is 219 g/mol. The molecule has 0 amide bonds. The van der Waals surface area contributed by atoms with Gasteiger partial charge in [0, 0.05) is 6.20 Å². The molecule has 0 fully saturated rings. The van der Waals surface area contributed by atoms with Crippen molar-refractivity contribution in [2.45, 2.75) is 5.03 Å². The Balaban J connectivity index is 3.21. The van der Waals surface area contributed by atoms with Crippen molar-refractivity contribution < 1.29 is 21.8 Å². The standard InChI is InChI=1S/C7H6FNO4S/c1-13-7(10)5-2-3-9-6(4-5)14(8,11)12/h2-4H,1H3. The van der Waals surface area contributed by atoms with E-state index < -0.39 is 21.2 Å². The summed E-state index contributed by atoms with van der Waals surface area (Å²) in [6.07, 6.45) is 1.01. The topological polar surface area (TPSA) is 73.3 Å². The van der Waals surface area contributed by atoms with Crippen LogP contribution in [0.4, 0.5) is 3.89 Å². The van der Waals surface area contributed by atoms with E-state index in [0.29, 0.717) is 0 Å². The van der Waals surface area contributed by atoms with Gasteiger partial charge in [0.2, 0.25) is 0 Å². The lowest BCUT2D eigenvalue weighted by atomic mass is 10.3. The first-order valence-electron chi connectivity index (χ1n) is 3.44. The molecule has 0 radical (unpaired) electrons. The van der Waals surface area contributed by atoms with Crippen LogP contribution in [0.15, 0.2) is 23.4 Å². The van der Waals surface area contributed by atoms with Crippen molar-refractivity contribution in [3.05, 3.63) is 23.9 Å². The molecule has 1 heterocycles. The molecule has 1 aromatic heterocycles. The molecule has 0 aliphatic carbocycles. The van der Waals surface area contributed by atoms with Crippen LogP contribution in [-0.4, -0.2) is 26.5 Å². The molecule has 1 aromatic rings. The molecule has 0 aliphatic rings. The number of ether oxygens (including phenoxy) is 1. The third-order valence-electron chi connectivity index (χ3n) is 1.41. The highest BCUT2D eigenvalue weighted by Gasteiger charge is 2.16. The van der Waals surface area contributed by atoms with E-state index in [9.17, 15) is 17.1 Å². The van der Waals surface area contributed by atoms with Crippen molar-refractivity contribution in [1.82, 2.24) is 4.98 Å². The second-order valence-corrected chi connectivity index (χ2v) is 3.61. The van der Waals surface area contributed by atoms with Gasteiger partial charge in [0.25, 0.3) is 0 Å². The Labute approximate surface area is 79.7 Å². The molecule has 0 spiro atoms.